The van der Waals surface area contributed by atoms with Crippen LogP contribution in [-0.2, 0) is 16.5 Å². The molecule has 0 saturated heterocycles. The molecule has 0 amide bonds. The molecule has 0 heterocycles. The third kappa shape index (κ3) is 6.94. The number of methoxy groups -OCH3 is 2. The summed E-state index contributed by atoms with van der Waals surface area (Å²) in [6.45, 7) is 2.11. The van der Waals surface area contributed by atoms with E-state index in [-0.39, 0.29) is 0 Å². The monoisotopic (exact) mass is 353 g/mol. The third-order valence-corrected chi connectivity index (χ3v) is 4.66. The van der Waals surface area contributed by atoms with E-state index < -0.39 is 0 Å². The minimum absolute atomic E-state index is 0.905. The van der Waals surface area contributed by atoms with Crippen molar-refractivity contribution in [2.24, 2.45) is 0 Å². The summed E-state index contributed by atoms with van der Waals surface area (Å²) in [6, 6.07) is 16.8. The van der Waals surface area contributed by atoms with Gasteiger partial charge in [0.2, 0.25) is 0 Å². The molecule has 0 atom stereocenters. The van der Waals surface area contributed by atoms with Gasteiger partial charge in [-0.1, -0.05) is 35.9 Å². The summed E-state index contributed by atoms with van der Waals surface area (Å²) in [7, 11) is 3.36. The van der Waals surface area contributed by atoms with Crippen LogP contribution in [-0.4, -0.2) is 14.2 Å². The van der Waals surface area contributed by atoms with Crippen LogP contribution in [0.25, 0.3) is 0 Å². The molecule has 2 aromatic rings. The maximum Gasteiger partial charge on any atom is 0.158 e. The molecule has 1 aliphatic carbocycles. The second kappa shape index (κ2) is 10.5. The number of ether oxygens (including phenoxy) is 2. The molecule has 0 radical (unpaired) electrons. The fourth-order valence-corrected chi connectivity index (χ4v) is 3.02. The molecular weight excluding hydrogens is 328 g/mol. The van der Waals surface area contributed by atoms with Gasteiger partial charge in [-0.2, -0.15) is 0 Å². The largest absolute Gasteiger partial charge is 0.497 e. The first-order valence-electron chi connectivity index (χ1n) is 8.21. The van der Waals surface area contributed by atoms with Gasteiger partial charge >= 0.3 is 0 Å². The normalized spacial score (nSPS) is 12.5. The molecule has 0 spiro atoms. The highest BCUT2D eigenvalue weighted by Gasteiger charge is 2.06. The van der Waals surface area contributed by atoms with Crippen molar-refractivity contribution in [1.29, 1.82) is 0 Å². The van der Waals surface area contributed by atoms with Gasteiger partial charge < -0.3 is 9.47 Å². The number of hydrogen-bond donors (Lipinski definition) is 0. The molecule has 0 fully saturated rings. The minimum atomic E-state index is 0.905. The number of benzene rings is 2. The molecule has 25 heavy (non-hydrogen) atoms. The van der Waals surface area contributed by atoms with Crippen LogP contribution in [0.5, 0.6) is 5.75 Å². The summed E-state index contributed by atoms with van der Waals surface area (Å²) in [5.41, 5.74) is 1.30. The fraction of sp³-hybridized carbons (Fsp3) is 0.182. The highest BCUT2D eigenvalue weighted by atomic mass is 32.2. The molecule has 0 bridgehead atoms. The Kier molecular flexibility index (Phi) is 7.93. The Labute approximate surface area is 154 Å². The second-order valence-electron chi connectivity index (χ2n) is 5.48. The molecule has 2 nitrogen and oxygen atoms in total. The Hall–Kier alpha value is -2.39. The van der Waals surface area contributed by atoms with Gasteiger partial charge in [0, 0.05) is 11.8 Å². The molecule has 130 valence electrons. The molecule has 0 unspecified atom stereocenters. The van der Waals surface area contributed by atoms with Gasteiger partial charge in [-0.3, -0.25) is 0 Å². The van der Waals surface area contributed by atoms with Crippen molar-refractivity contribution >= 4 is 11.8 Å². The molecule has 0 aliphatic heterocycles. The summed E-state index contributed by atoms with van der Waals surface area (Å²) in [4.78, 5) is 2.60. The van der Waals surface area contributed by atoms with Gasteiger partial charge in [0.15, 0.2) is 9.79 Å². The van der Waals surface area contributed by atoms with E-state index in [1.54, 1.807) is 14.2 Å². The molecule has 2 aromatic carbocycles. The minimum Gasteiger partial charge on any atom is -0.497 e. The average molecular weight is 354 g/mol. The van der Waals surface area contributed by atoms with Crippen molar-refractivity contribution in [3.63, 3.8) is 0 Å². The zero-order valence-electron chi connectivity index (χ0n) is 15.0. The molecule has 3 rings (SSSR count). The Balaban J connectivity index is 0.000000212. The van der Waals surface area contributed by atoms with Gasteiger partial charge in [-0.15, -0.1) is 0 Å². The molecule has 0 saturated carbocycles. The molecular formula is C22H25O2S+. The summed E-state index contributed by atoms with van der Waals surface area (Å²) in [5.74, 6) is 1.83. The van der Waals surface area contributed by atoms with Crippen molar-refractivity contribution < 1.29 is 9.47 Å². The van der Waals surface area contributed by atoms with Crippen LogP contribution in [0.2, 0.25) is 0 Å². The summed E-state index contributed by atoms with van der Waals surface area (Å²) < 4.78 is 10.1. The van der Waals surface area contributed by atoms with E-state index in [1.165, 1.54) is 27.1 Å². The highest BCUT2D eigenvalue weighted by molar-refractivity contribution is 7.78. The number of rotatable bonds is 4. The lowest BCUT2D eigenvalue weighted by molar-refractivity contribution is 0.307. The Bertz CT molecular complexity index is 726. The van der Waals surface area contributed by atoms with Gasteiger partial charge in [0.05, 0.1) is 14.2 Å². The van der Waals surface area contributed by atoms with Crippen molar-refractivity contribution in [1.82, 2.24) is 0 Å². The highest BCUT2D eigenvalue weighted by Crippen LogP contribution is 2.17. The zero-order valence-corrected chi connectivity index (χ0v) is 15.9. The Morgan fingerprint density at radius 2 is 1.44 bits per heavy atom. The zero-order chi connectivity index (χ0) is 17.9. The SMILES string of the molecule is COC1=CC=CCC=C1.COc1ccc([SH+]c2ccc(C)cc2)cc1. The van der Waals surface area contributed by atoms with Crippen LogP contribution in [0.15, 0.2) is 94.5 Å². The predicted octanol–water partition coefficient (Wildman–Crippen LogP) is 5.27. The number of hydrogen-bond acceptors (Lipinski definition) is 2. The van der Waals surface area contributed by atoms with Crippen molar-refractivity contribution in [2.75, 3.05) is 14.2 Å². The third-order valence-electron chi connectivity index (χ3n) is 3.55. The maximum atomic E-state index is 5.13. The van der Waals surface area contributed by atoms with Gasteiger partial charge in [0.25, 0.3) is 0 Å². The van der Waals surface area contributed by atoms with Crippen LogP contribution >= 0.6 is 0 Å². The Morgan fingerprint density at radius 3 is 2.04 bits per heavy atom. The van der Waals surface area contributed by atoms with E-state index in [1.807, 2.05) is 30.4 Å². The summed E-state index contributed by atoms with van der Waals surface area (Å²) >= 11 is 1.24. The lowest BCUT2D eigenvalue weighted by Crippen LogP contribution is -1.86. The second-order valence-corrected chi connectivity index (χ2v) is 6.74. The van der Waals surface area contributed by atoms with Crippen molar-refractivity contribution in [2.45, 2.75) is 23.1 Å². The van der Waals surface area contributed by atoms with Crippen LogP contribution < -0.4 is 4.74 Å². The summed E-state index contributed by atoms with van der Waals surface area (Å²) in [6.07, 6.45) is 11.1. The maximum absolute atomic E-state index is 5.13. The smallest absolute Gasteiger partial charge is 0.158 e. The summed E-state index contributed by atoms with van der Waals surface area (Å²) in [5, 5.41) is 0. The topological polar surface area (TPSA) is 18.5 Å². The first kappa shape index (κ1) is 18.9. The Morgan fingerprint density at radius 1 is 0.800 bits per heavy atom. The van der Waals surface area contributed by atoms with Crippen LogP contribution in [0, 0.1) is 6.92 Å². The van der Waals surface area contributed by atoms with E-state index in [9.17, 15) is 0 Å². The van der Waals surface area contributed by atoms with Crippen LogP contribution in [0.1, 0.15) is 12.0 Å². The first-order chi connectivity index (χ1) is 12.2. The van der Waals surface area contributed by atoms with Crippen molar-refractivity contribution in [3.05, 3.63) is 90.2 Å². The van der Waals surface area contributed by atoms with E-state index in [0.717, 1.165) is 17.9 Å². The van der Waals surface area contributed by atoms with Gasteiger partial charge in [-0.05, 0) is 61.9 Å². The first-order valence-corrected chi connectivity index (χ1v) is 9.10. The molecule has 1 aliphatic rings. The lowest BCUT2D eigenvalue weighted by atomic mass is 10.2. The number of allylic oxidation sites excluding steroid dienone is 5. The van der Waals surface area contributed by atoms with E-state index in [0.29, 0.717) is 0 Å². The van der Waals surface area contributed by atoms with E-state index in [2.05, 4.69) is 55.5 Å². The average Bonchev–Trinajstić information content (AvgIpc) is 2.94. The van der Waals surface area contributed by atoms with E-state index in [4.69, 9.17) is 9.47 Å². The quantitative estimate of drug-likeness (QED) is 0.551. The number of aryl methyl sites for hydroxylation is 1. The van der Waals surface area contributed by atoms with Crippen molar-refractivity contribution in [3.8, 4) is 5.75 Å². The van der Waals surface area contributed by atoms with Gasteiger partial charge in [0.1, 0.15) is 11.5 Å². The standard InChI is InChI=1S/C14H14OS.C8H10O/c1-11-3-7-13(8-4-11)16-14-9-5-12(15-2)6-10-14;1-9-8-6-4-2-3-5-7-8/h3-10H,1-2H3;2,4-7H,3H2,1H3/p+1. The predicted molar refractivity (Wildman–Crippen MR) is 107 cm³/mol. The molecule has 3 heteroatoms. The molecule has 0 aromatic heterocycles. The van der Waals surface area contributed by atoms with Crippen LogP contribution in [0.3, 0.4) is 0 Å². The van der Waals surface area contributed by atoms with Crippen LogP contribution in [0.4, 0.5) is 0 Å². The molecule has 0 N–H and O–H groups in total. The van der Waals surface area contributed by atoms with E-state index >= 15 is 0 Å². The lowest BCUT2D eigenvalue weighted by Gasteiger charge is -1.98. The van der Waals surface area contributed by atoms with Gasteiger partial charge in [-0.25, -0.2) is 0 Å². The fourth-order valence-electron chi connectivity index (χ4n) is 2.12. The number of thiol groups is 1.